The number of esters is 1. The van der Waals surface area contributed by atoms with Crippen LogP contribution < -0.4 is 4.74 Å². The normalized spacial score (nSPS) is 11.3. The monoisotopic (exact) mass is 444 g/mol. The minimum absolute atomic E-state index is 0.130. The Balaban J connectivity index is 2.36. The molecule has 1 aromatic heterocycles. The van der Waals surface area contributed by atoms with Gasteiger partial charge in [-0.1, -0.05) is 0 Å². The number of pyridine rings is 1. The van der Waals surface area contributed by atoms with Crippen LogP contribution in [0.15, 0.2) is 18.3 Å². The average Bonchev–Trinajstić information content (AvgIpc) is 2.75. The third-order valence-electron chi connectivity index (χ3n) is 4.21. The Morgan fingerprint density at radius 2 is 1.77 bits per heavy atom. The van der Waals surface area contributed by atoms with Crippen LogP contribution in [0.2, 0.25) is 0 Å². The van der Waals surface area contributed by atoms with Gasteiger partial charge in [0.1, 0.15) is 12.4 Å². The van der Waals surface area contributed by atoms with Crippen LogP contribution in [0.4, 0.5) is 0 Å². The first kappa shape index (κ1) is 27.2. The van der Waals surface area contributed by atoms with Gasteiger partial charge >= 0.3 is 5.97 Å². The molecular formula is C21H36N2O8. The first-order chi connectivity index (χ1) is 15.1. The van der Waals surface area contributed by atoms with Gasteiger partial charge in [0.05, 0.1) is 45.3 Å². The van der Waals surface area contributed by atoms with E-state index >= 15 is 0 Å². The maximum atomic E-state index is 11.6. The van der Waals surface area contributed by atoms with Crippen LogP contribution in [-0.4, -0.2) is 99.1 Å². The van der Waals surface area contributed by atoms with Crippen LogP contribution >= 0.6 is 0 Å². The van der Waals surface area contributed by atoms with Gasteiger partial charge in [-0.05, 0) is 26.0 Å². The summed E-state index contributed by atoms with van der Waals surface area (Å²) in [5.74, 6) is 0.309. The van der Waals surface area contributed by atoms with Gasteiger partial charge in [-0.15, -0.1) is 0 Å². The number of carbonyl (C=O) groups excluding carboxylic acids is 1. The average molecular weight is 445 g/mol. The molecule has 0 saturated carbocycles. The number of aliphatic hydroxyl groups is 2. The van der Waals surface area contributed by atoms with E-state index in [1.807, 2.05) is 0 Å². The van der Waals surface area contributed by atoms with Gasteiger partial charge in [-0.3, -0.25) is 14.7 Å². The smallest absolute Gasteiger partial charge is 0.305 e. The molecule has 1 heterocycles. The van der Waals surface area contributed by atoms with Crippen molar-refractivity contribution in [3.63, 3.8) is 0 Å². The van der Waals surface area contributed by atoms with E-state index in [-0.39, 0.29) is 11.7 Å². The van der Waals surface area contributed by atoms with Crippen molar-refractivity contribution in [2.24, 2.45) is 0 Å². The molecule has 0 saturated heterocycles. The van der Waals surface area contributed by atoms with Crippen molar-refractivity contribution in [3.8, 4) is 5.75 Å². The maximum absolute atomic E-state index is 11.6. The summed E-state index contributed by atoms with van der Waals surface area (Å²) in [6.45, 7) is 7.21. The van der Waals surface area contributed by atoms with Crippen molar-refractivity contribution < 1.29 is 38.7 Å². The van der Waals surface area contributed by atoms with E-state index in [2.05, 4.69) is 9.88 Å². The minimum Gasteiger partial charge on any atom is -0.492 e. The zero-order valence-electron chi connectivity index (χ0n) is 18.5. The van der Waals surface area contributed by atoms with E-state index in [0.717, 1.165) is 0 Å². The van der Waals surface area contributed by atoms with Crippen molar-refractivity contribution in [3.05, 3.63) is 24.0 Å². The molecule has 178 valence electrons. The molecule has 0 aromatic carbocycles. The molecular weight excluding hydrogens is 408 g/mol. The van der Waals surface area contributed by atoms with Crippen LogP contribution in [0, 0.1) is 0 Å². The van der Waals surface area contributed by atoms with Gasteiger partial charge in [0.25, 0.3) is 0 Å². The number of ether oxygens (including phenoxy) is 5. The number of carbonyl (C=O) groups is 1. The molecule has 10 nitrogen and oxygen atoms in total. The molecule has 0 amide bonds. The van der Waals surface area contributed by atoms with E-state index in [1.54, 1.807) is 20.1 Å². The third-order valence-corrected chi connectivity index (χ3v) is 4.21. The number of rotatable bonds is 19. The molecule has 31 heavy (non-hydrogen) atoms. The maximum Gasteiger partial charge on any atom is 0.305 e. The summed E-state index contributed by atoms with van der Waals surface area (Å²) >= 11 is 0. The Labute approximate surface area is 184 Å². The van der Waals surface area contributed by atoms with Crippen molar-refractivity contribution in [1.29, 1.82) is 0 Å². The largest absolute Gasteiger partial charge is 0.492 e. The summed E-state index contributed by atoms with van der Waals surface area (Å²) in [6, 6.07) is 3.14. The molecule has 0 aliphatic heterocycles. The van der Waals surface area contributed by atoms with Gasteiger partial charge in [-0.2, -0.15) is 0 Å². The molecule has 0 atom stereocenters. The van der Waals surface area contributed by atoms with Crippen LogP contribution in [0.25, 0.3) is 0 Å². The minimum atomic E-state index is -1.64. The predicted octanol–water partition coefficient (Wildman–Crippen LogP) is 0.769. The van der Waals surface area contributed by atoms with E-state index in [0.29, 0.717) is 84.5 Å². The molecule has 0 bridgehead atoms. The fourth-order valence-corrected chi connectivity index (χ4v) is 2.62. The van der Waals surface area contributed by atoms with E-state index in [9.17, 15) is 15.0 Å². The topological polar surface area (TPSA) is 120 Å². The van der Waals surface area contributed by atoms with Crippen LogP contribution in [-0.2, 0) is 23.7 Å². The van der Waals surface area contributed by atoms with E-state index in [4.69, 9.17) is 23.7 Å². The molecule has 1 aromatic rings. The number of hydrogen-bond acceptors (Lipinski definition) is 10. The van der Waals surface area contributed by atoms with Crippen LogP contribution in [0.3, 0.4) is 0 Å². The Hall–Kier alpha value is -1.82. The van der Waals surface area contributed by atoms with Gasteiger partial charge in [0.2, 0.25) is 0 Å². The summed E-state index contributed by atoms with van der Waals surface area (Å²) in [5.41, 5.74) is 0.130. The lowest BCUT2D eigenvalue weighted by Gasteiger charge is -2.22. The summed E-state index contributed by atoms with van der Waals surface area (Å²) in [4.78, 5) is 17.6. The van der Waals surface area contributed by atoms with Crippen LogP contribution in [0.1, 0.15) is 31.7 Å². The predicted molar refractivity (Wildman–Crippen MR) is 113 cm³/mol. The molecule has 0 aliphatic rings. The second-order valence-corrected chi connectivity index (χ2v) is 6.61. The lowest BCUT2D eigenvalue weighted by atomic mass is 10.3. The number of aliphatic hydroxyl groups excluding tert-OH is 1. The second-order valence-electron chi connectivity index (χ2n) is 6.61. The number of nitrogens with zero attached hydrogens (tertiary/aromatic N) is 2. The highest BCUT2D eigenvalue weighted by atomic mass is 16.5. The summed E-state index contributed by atoms with van der Waals surface area (Å²) in [6.07, 6.45) is 0.860. The Kier molecular flexibility index (Phi) is 15.6. The van der Waals surface area contributed by atoms with Gasteiger partial charge < -0.3 is 33.9 Å². The van der Waals surface area contributed by atoms with E-state index < -0.39 is 6.29 Å². The SMILES string of the molecule is CCOC(=O)CCCN(CCOCCOCCOC)CCOc1ccnc(C(O)O)c1. The number of methoxy groups -OCH3 is 1. The highest BCUT2D eigenvalue weighted by Crippen LogP contribution is 2.15. The Bertz CT molecular complexity index is 588. The molecule has 10 heteroatoms. The van der Waals surface area contributed by atoms with Crippen molar-refractivity contribution in [2.75, 3.05) is 73.0 Å². The quantitative estimate of drug-likeness (QED) is 0.180. The number of aromatic nitrogens is 1. The zero-order valence-corrected chi connectivity index (χ0v) is 18.5. The lowest BCUT2D eigenvalue weighted by Crippen LogP contribution is -2.33. The highest BCUT2D eigenvalue weighted by Gasteiger charge is 2.09. The first-order valence-corrected chi connectivity index (χ1v) is 10.5. The van der Waals surface area contributed by atoms with Crippen LogP contribution in [0.5, 0.6) is 5.75 Å². The summed E-state index contributed by atoms with van der Waals surface area (Å²) in [5, 5.41) is 18.4. The lowest BCUT2D eigenvalue weighted by molar-refractivity contribution is -0.143. The first-order valence-electron chi connectivity index (χ1n) is 10.5. The number of hydrogen-bond donors (Lipinski definition) is 2. The molecule has 0 spiro atoms. The third kappa shape index (κ3) is 14.0. The molecule has 0 fully saturated rings. The van der Waals surface area contributed by atoms with Crippen molar-refractivity contribution >= 4 is 5.97 Å². The molecule has 0 unspecified atom stereocenters. The van der Waals surface area contributed by atoms with E-state index in [1.165, 1.54) is 12.3 Å². The molecule has 0 aliphatic carbocycles. The van der Waals surface area contributed by atoms with Crippen molar-refractivity contribution in [2.45, 2.75) is 26.1 Å². The standard InChI is InChI=1S/C21H36N2O8/c1-3-30-20(24)5-4-8-23(9-11-28-15-16-29-14-13-27-2)10-12-31-18-6-7-22-19(17-18)21(25)26/h6-7,17,21,25-26H,3-5,8-16H2,1-2H3. The van der Waals surface area contributed by atoms with Gasteiger partial charge in [0, 0.05) is 38.9 Å². The second kappa shape index (κ2) is 17.8. The Morgan fingerprint density at radius 3 is 2.48 bits per heavy atom. The van der Waals surface area contributed by atoms with Crippen molar-refractivity contribution in [1.82, 2.24) is 9.88 Å². The fourth-order valence-electron chi connectivity index (χ4n) is 2.62. The highest BCUT2D eigenvalue weighted by molar-refractivity contribution is 5.69. The van der Waals surface area contributed by atoms with Gasteiger partial charge in [0.15, 0.2) is 6.29 Å². The molecule has 2 N–H and O–H groups in total. The Morgan fingerprint density at radius 1 is 1.06 bits per heavy atom. The molecule has 1 rings (SSSR count). The van der Waals surface area contributed by atoms with Gasteiger partial charge in [-0.25, -0.2) is 0 Å². The summed E-state index contributed by atoms with van der Waals surface area (Å²) in [7, 11) is 1.63. The molecule has 0 radical (unpaired) electrons. The zero-order chi connectivity index (χ0) is 22.7. The summed E-state index contributed by atoms with van der Waals surface area (Å²) < 4.78 is 26.6. The fraction of sp³-hybridized carbons (Fsp3) is 0.714.